The van der Waals surface area contributed by atoms with Crippen molar-refractivity contribution >= 4 is 40.7 Å². The number of carbonyl (C=O) groups excluding carboxylic acids is 4. The van der Waals surface area contributed by atoms with E-state index in [1.807, 2.05) is 29.6 Å². The molecule has 1 unspecified atom stereocenters. The summed E-state index contributed by atoms with van der Waals surface area (Å²) in [6, 6.07) is 9.70. The Morgan fingerprint density at radius 1 is 0.880 bits per heavy atom. The lowest BCUT2D eigenvalue weighted by Gasteiger charge is -2.33. The number of rotatable bonds is 13. The van der Waals surface area contributed by atoms with Crippen LogP contribution in [0.3, 0.4) is 0 Å². The molecule has 0 aliphatic carbocycles. The second-order valence-electron chi connectivity index (χ2n) is 13.6. The number of hydrogen-bond acceptors (Lipinski definition) is 8. The van der Waals surface area contributed by atoms with Crippen LogP contribution in [0.4, 0.5) is 10.1 Å². The number of imide groups is 1. The van der Waals surface area contributed by atoms with Crippen LogP contribution in [0, 0.1) is 5.82 Å². The quantitative estimate of drug-likeness (QED) is 0.171. The van der Waals surface area contributed by atoms with Gasteiger partial charge in [-0.15, -0.1) is 11.3 Å². The molecule has 10 nitrogen and oxygen atoms in total. The third kappa shape index (κ3) is 7.00. The minimum absolute atomic E-state index is 0.0225. The number of piperidine rings is 2. The van der Waals surface area contributed by atoms with Crippen LogP contribution in [0.5, 0.6) is 11.5 Å². The SMILES string of the molecule is COc1ccc(N2Cc3sccc3C2=O)cc1OCCCCCCCN1CCC(c2cc(F)cc3c2CN(C2CCC(=O)NC2=O)C3=O)CC1. The zero-order valence-electron chi connectivity index (χ0n) is 28.4. The van der Waals surface area contributed by atoms with Gasteiger partial charge in [-0.05, 0) is 104 Å². The summed E-state index contributed by atoms with van der Waals surface area (Å²) < 4.78 is 26.4. The molecule has 5 heterocycles. The molecule has 1 aromatic heterocycles. The van der Waals surface area contributed by atoms with Crippen molar-refractivity contribution < 1.29 is 33.0 Å². The van der Waals surface area contributed by atoms with E-state index in [4.69, 9.17) is 9.47 Å². The highest BCUT2D eigenvalue weighted by atomic mass is 32.1. The molecule has 0 bridgehead atoms. The van der Waals surface area contributed by atoms with Crippen molar-refractivity contribution in [3.8, 4) is 11.5 Å². The minimum atomic E-state index is -0.706. The third-order valence-corrected chi connectivity index (χ3v) is 11.4. The van der Waals surface area contributed by atoms with Crippen molar-refractivity contribution in [2.24, 2.45) is 0 Å². The van der Waals surface area contributed by atoms with Gasteiger partial charge in [0.2, 0.25) is 11.8 Å². The average Bonchev–Trinajstić information content (AvgIpc) is 3.80. The molecule has 4 aliphatic heterocycles. The summed E-state index contributed by atoms with van der Waals surface area (Å²) in [6.45, 7) is 4.31. The molecule has 1 atom stereocenters. The molecule has 7 rings (SSSR count). The van der Waals surface area contributed by atoms with Crippen LogP contribution in [0.15, 0.2) is 41.8 Å². The van der Waals surface area contributed by atoms with E-state index in [-0.39, 0.29) is 36.6 Å². The van der Waals surface area contributed by atoms with Gasteiger partial charge in [0, 0.05) is 35.2 Å². The molecular weight excluding hydrogens is 660 g/mol. The van der Waals surface area contributed by atoms with Crippen LogP contribution in [0.2, 0.25) is 0 Å². The summed E-state index contributed by atoms with van der Waals surface area (Å²) in [5.74, 6) is -0.0449. The maximum atomic E-state index is 14.8. The van der Waals surface area contributed by atoms with Gasteiger partial charge in [-0.25, -0.2) is 4.39 Å². The van der Waals surface area contributed by atoms with Gasteiger partial charge in [-0.1, -0.05) is 19.3 Å². The van der Waals surface area contributed by atoms with Crippen LogP contribution < -0.4 is 19.7 Å². The fourth-order valence-corrected chi connectivity index (χ4v) is 8.66. The number of thiophene rings is 1. The number of methoxy groups -OCH3 is 1. The van der Waals surface area contributed by atoms with Crippen molar-refractivity contribution in [3.63, 3.8) is 0 Å². The molecule has 0 radical (unpaired) electrons. The number of halogens is 1. The van der Waals surface area contributed by atoms with Crippen LogP contribution >= 0.6 is 11.3 Å². The molecule has 12 heteroatoms. The molecule has 2 saturated heterocycles. The maximum Gasteiger partial charge on any atom is 0.259 e. The van der Waals surface area contributed by atoms with Crippen molar-refractivity contribution in [1.29, 1.82) is 0 Å². The van der Waals surface area contributed by atoms with Crippen LogP contribution in [-0.4, -0.2) is 72.8 Å². The highest BCUT2D eigenvalue weighted by Crippen LogP contribution is 2.39. The average molecular weight is 703 g/mol. The van der Waals surface area contributed by atoms with E-state index >= 15 is 0 Å². The molecule has 0 spiro atoms. The topological polar surface area (TPSA) is 108 Å². The summed E-state index contributed by atoms with van der Waals surface area (Å²) in [6.07, 6.45) is 7.63. The predicted octanol–water partition coefficient (Wildman–Crippen LogP) is 6.03. The number of fused-ring (bicyclic) bond motifs is 2. The molecule has 50 heavy (non-hydrogen) atoms. The molecule has 2 fully saturated rings. The first-order chi connectivity index (χ1) is 24.3. The Kier molecular flexibility index (Phi) is 10.2. The van der Waals surface area contributed by atoms with Gasteiger partial charge in [-0.3, -0.25) is 24.5 Å². The summed E-state index contributed by atoms with van der Waals surface area (Å²) in [7, 11) is 1.62. The van der Waals surface area contributed by atoms with E-state index in [9.17, 15) is 23.6 Å². The highest BCUT2D eigenvalue weighted by Gasteiger charge is 2.41. The molecule has 1 N–H and O–H groups in total. The fraction of sp³-hybridized carbons (Fsp3) is 0.474. The second-order valence-corrected chi connectivity index (χ2v) is 14.6. The summed E-state index contributed by atoms with van der Waals surface area (Å²) in [5, 5.41) is 4.29. The smallest absolute Gasteiger partial charge is 0.259 e. The Bertz CT molecular complexity index is 1790. The summed E-state index contributed by atoms with van der Waals surface area (Å²) in [5.41, 5.74) is 3.65. The molecular formula is C38H43FN4O6S. The monoisotopic (exact) mass is 702 g/mol. The maximum absolute atomic E-state index is 14.8. The first-order valence-corrected chi connectivity index (χ1v) is 18.6. The zero-order valence-corrected chi connectivity index (χ0v) is 29.2. The fourth-order valence-electron chi connectivity index (χ4n) is 7.80. The summed E-state index contributed by atoms with van der Waals surface area (Å²) in [4.78, 5) is 57.0. The van der Waals surface area contributed by atoms with Crippen molar-refractivity contribution in [1.82, 2.24) is 15.1 Å². The normalized spacial score (nSPS) is 19.6. The van der Waals surface area contributed by atoms with E-state index in [1.54, 1.807) is 29.4 Å². The number of amides is 4. The molecule has 0 saturated carbocycles. The third-order valence-electron chi connectivity index (χ3n) is 10.5. The first kappa shape index (κ1) is 34.2. The standard InChI is InChI=1S/C38H43FN4O6S/c1-48-32-9-7-26(42-23-34-27(37(42)46)13-18-50-34)21-33(32)49-17-6-4-2-3-5-14-41-15-11-24(12-16-41)28-19-25(39)20-29-30(28)22-43(38(29)47)31-8-10-35(44)40-36(31)45/h7,9,13,18-21,24,31H,2-6,8,10-12,14-17,22-23H2,1H3,(H,40,44,45). The number of likely N-dealkylation sites (tertiary alicyclic amines) is 1. The lowest BCUT2D eigenvalue weighted by molar-refractivity contribution is -0.136. The number of anilines is 1. The second kappa shape index (κ2) is 14.9. The number of unbranched alkanes of at least 4 members (excludes halogenated alkanes) is 4. The summed E-state index contributed by atoms with van der Waals surface area (Å²) >= 11 is 1.61. The Hall–Kier alpha value is -4.29. The number of benzene rings is 2. The lowest BCUT2D eigenvalue weighted by Crippen LogP contribution is -2.52. The number of carbonyl (C=O) groups is 4. The van der Waals surface area contributed by atoms with Gasteiger partial charge in [0.25, 0.3) is 11.8 Å². The van der Waals surface area contributed by atoms with Gasteiger partial charge >= 0.3 is 0 Å². The highest BCUT2D eigenvalue weighted by molar-refractivity contribution is 7.10. The molecule has 3 aromatic rings. The van der Waals surface area contributed by atoms with Gasteiger partial charge in [0.15, 0.2) is 11.5 Å². The van der Waals surface area contributed by atoms with Crippen LogP contribution in [-0.2, 0) is 22.7 Å². The van der Waals surface area contributed by atoms with Crippen molar-refractivity contribution in [2.75, 3.05) is 38.3 Å². The van der Waals surface area contributed by atoms with E-state index in [0.717, 1.165) is 91.8 Å². The van der Waals surface area contributed by atoms with Crippen molar-refractivity contribution in [3.05, 3.63) is 74.7 Å². The van der Waals surface area contributed by atoms with Gasteiger partial charge in [0.1, 0.15) is 11.9 Å². The molecule has 4 amide bonds. The van der Waals surface area contributed by atoms with Gasteiger partial charge in [-0.2, -0.15) is 0 Å². The molecule has 264 valence electrons. The Morgan fingerprint density at radius 3 is 2.46 bits per heavy atom. The molecule has 2 aromatic carbocycles. The lowest BCUT2D eigenvalue weighted by atomic mass is 9.85. The molecule has 4 aliphatic rings. The Morgan fingerprint density at radius 2 is 1.68 bits per heavy atom. The van der Waals surface area contributed by atoms with Gasteiger partial charge in [0.05, 0.1) is 25.8 Å². The van der Waals surface area contributed by atoms with Gasteiger partial charge < -0.3 is 24.2 Å². The zero-order chi connectivity index (χ0) is 34.8. The van der Waals surface area contributed by atoms with E-state index in [2.05, 4.69) is 10.2 Å². The first-order valence-electron chi connectivity index (χ1n) is 17.7. The van der Waals surface area contributed by atoms with Crippen molar-refractivity contribution in [2.45, 2.75) is 82.8 Å². The predicted molar refractivity (Wildman–Crippen MR) is 187 cm³/mol. The number of nitrogens with one attached hydrogen (secondary N) is 1. The number of nitrogens with zero attached hydrogens (tertiary/aromatic N) is 3. The van der Waals surface area contributed by atoms with E-state index in [0.29, 0.717) is 36.6 Å². The number of ether oxygens (including phenoxy) is 2. The largest absolute Gasteiger partial charge is 0.493 e. The Balaban J connectivity index is 0.821. The van der Waals surface area contributed by atoms with E-state index < -0.39 is 17.8 Å². The van der Waals surface area contributed by atoms with Crippen LogP contribution in [0.25, 0.3) is 0 Å². The Labute approximate surface area is 295 Å². The van der Waals surface area contributed by atoms with Crippen LogP contribution in [0.1, 0.15) is 100 Å². The minimum Gasteiger partial charge on any atom is -0.493 e. The number of hydrogen-bond donors (Lipinski definition) is 1. The van der Waals surface area contributed by atoms with E-state index in [1.165, 1.54) is 11.0 Å².